The minimum absolute atomic E-state index is 0.238. The molecule has 1 heterocycles. The van der Waals surface area contributed by atoms with Gasteiger partial charge in [0, 0.05) is 0 Å². The van der Waals surface area contributed by atoms with Gasteiger partial charge in [0.15, 0.2) is 23.1 Å². The van der Waals surface area contributed by atoms with Crippen LogP contribution in [0.2, 0.25) is 0 Å². The number of methoxy groups -OCH3 is 2. The average molecular weight is 579 g/mol. The monoisotopic (exact) mass is 579 g/mol. The van der Waals surface area contributed by atoms with Gasteiger partial charge >= 0.3 is 36.0 Å². The van der Waals surface area contributed by atoms with Gasteiger partial charge in [-0.3, -0.25) is 0 Å². The average Bonchev–Trinajstić information content (AvgIpc) is 2.72. The Labute approximate surface area is 191 Å². The van der Waals surface area contributed by atoms with Crippen LogP contribution in [0.5, 0.6) is 11.5 Å². The Morgan fingerprint density at radius 1 is 0.514 bits per heavy atom. The quantitative estimate of drug-likeness (QED) is 0.283. The highest BCUT2D eigenvalue weighted by atomic mass is 19.4. The van der Waals surface area contributed by atoms with Crippen LogP contribution in [-0.4, -0.2) is 43.9 Å². The number of benzene rings is 1. The van der Waals surface area contributed by atoms with Gasteiger partial charge in [0.2, 0.25) is 5.82 Å². The van der Waals surface area contributed by atoms with E-state index in [1.54, 1.807) is 0 Å². The van der Waals surface area contributed by atoms with Crippen LogP contribution in [0.15, 0.2) is 0 Å². The zero-order valence-electron chi connectivity index (χ0n) is 17.2. The highest BCUT2D eigenvalue weighted by Gasteiger charge is 2.79. The number of nitrogens with zero attached hydrogens (tertiary/aromatic N) is 1. The van der Waals surface area contributed by atoms with Crippen molar-refractivity contribution >= 4 is 10.9 Å². The molecule has 0 aliphatic carbocycles. The molecule has 0 atom stereocenters. The number of pyridine rings is 1. The molecule has 37 heavy (non-hydrogen) atoms. The number of fused-ring (bicyclic) bond motifs is 1. The normalized spacial score (nSPS) is 14.4. The van der Waals surface area contributed by atoms with Gasteiger partial charge in [0.1, 0.15) is 11.2 Å². The maximum atomic E-state index is 15.1. The van der Waals surface area contributed by atoms with Crippen molar-refractivity contribution in [3.05, 3.63) is 28.7 Å². The molecule has 1 aromatic carbocycles. The van der Waals surface area contributed by atoms with Crippen LogP contribution in [0.3, 0.4) is 0 Å². The minimum Gasteiger partial charge on any atom is -0.494 e. The van der Waals surface area contributed by atoms with E-state index in [4.69, 9.17) is 0 Å². The van der Waals surface area contributed by atoms with Crippen LogP contribution >= 0.6 is 0 Å². The minimum atomic E-state index is -7.43. The molecule has 0 spiro atoms. The van der Waals surface area contributed by atoms with E-state index >= 15 is 4.39 Å². The summed E-state index contributed by atoms with van der Waals surface area (Å²) < 4.78 is 241. The van der Waals surface area contributed by atoms with Crippen LogP contribution in [0.4, 0.5) is 74.6 Å². The fraction of sp³-hybridized carbons (Fsp3) is 0.471. The van der Waals surface area contributed by atoms with Crippen molar-refractivity contribution in [2.75, 3.05) is 14.2 Å². The van der Waals surface area contributed by atoms with Crippen molar-refractivity contribution < 1.29 is 84.1 Å². The third-order valence-corrected chi connectivity index (χ3v) is 4.81. The molecule has 1 aromatic heterocycles. The number of hydrogen-bond acceptors (Lipinski definition) is 3. The summed E-state index contributed by atoms with van der Waals surface area (Å²) in [6, 6.07) is 0. The smallest absolute Gasteiger partial charge is 0.437 e. The second-order valence-corrected chi connectivity index (χ2v) is 6.88. The zero-order valence-corrected chi connectivity index (χ0v) is 17.2. The van der Waals surface area contributed by atoms with E-state index in [1.807, 2.05) is 4.98 Å². The number of halogens is 17. The second-order valence-electron chi connectivity index (χ2n) is 6.88. The predicted octanol–water partition coefficient (Wildman–Crippen LogP) is 7.25. The van der Waals surface area contributed by atoms with Gasteiger partial charge in [-0.05, 0) is 0 Å². The molecule has 0 saturated heterocycles. The molecule has 2 rings (SSSR count). The van der Waals surface area contributed by atoms with E-state index in [-0.39, 0.29) is 14.2 Å². The molecule has 2 aromatic rings. The van der Waals surface area contributed by atoms with Crippen molar-refractivity contribution in [2.45, 2.75) is 36.0 Å². The molecule has 0 amide bonds. The number of rotatable bonds is 4. The molecule has 0 N–H and O–H groups in total. The molecule has 0 aliphatic heterocycles. The molecule has 0 fully saturated rings. The van der Waals surface area contributed by atoms with E-state index in [9.17, 15) is 70.2 Å². The first-order chi connectivity index (χ1) is 16.4. The first-order valence-electron chi connectivity index (χ1n) is 8.63. The Morgan fingerprint density at radius 3 is 1.22 bits per heavy atom. The molecule has 0 radical (unpaired) electrons. The third kappa shape index (κ3) is 4.02. The summed E-state index contributed by atoms with van der Waals surface area (Å²) in [4.78, 5) is 2.03. The van der Waals surface area contributed by atoms with Gasteiger partial charge < -0.3 is 9.47 Å². The van der Waals surface area contributed by atoms with Gasteiger partial charge in [-0.25, -0.2) is 22.5 Å². The van der Waals surface area contributed by atoms with Crippen molar-refractivity contribution in [3.63, 3.8) is 0 Å². The molecule has 3 nitrogen and oxygen atoms in total. The van der Waals surface area contributed by atoms with Gasteiger partial charge in [0.25, 0.3) is 0 Å². The summed E-state index contributed by atoms with van der Waals surface area (Å²) >= 11 is 0. The molecular weight excluding hydrogens is 573 g/mol. The predicted molar refractivity (Wildman–Crippen MR) is 84.5 cm³/mol. The van der Waals surface area contributed by atoms with Crippen LogP contribution in [0, 0.1) is 17.5 Å². The standard InChI is InChI=1S/C17H6F17NO2/c1-36-9-4(12(21,14(23,24)25)15(26,27)28)3-5(18)10(37-2)7(20)6(19)8(3)35-11(9)13(22,16(29,30)31)17(32,33)34/h1-2H3. The third-order valence-electron chi connectivity index (χ3n) is 4.81. The molecule has 0 unspecified atom stereocenters. The lowest BCUT2D eigenvalue weighted by molar-refractivity contribution is -0.351. The molecule has 0 aliphatic rings. The lowest BCUT2D eigenvalue weighted by Crippen LogP contribution is -2.53. The summed E-state index contributed by atoms with van der Waals surface area (Å²) in [5.41, 5.74) is -24.5. The van der Waals surface area contributed by atoms with E-state index < -0.39 is 87.2 Å². The highest BCUT2D eigenvalue weighted by Crippen LogP contribution is 2.62. The van der Waals surface area contributed by atoms with Crippen molar-refractivity contribution in [2.24, 2.45) is 0 Å². The van der Waals surface area contributed by atoms with Crippen molar-refractivity contribution in [3.8, 4) is 11.5 Å². The van der Waals surface area contributed by atoms with Crippen molar-refractivity contribution in [1.29, 1.82) is 0 Å². The van der Waals surface area contributed by atoms with E-state index in [0.717, 1.165) is 0 Å². The number of hydrogen-bond donors (Lipinski definition) is 0. The topological polar surface area (TPSA) is 31.4 Å². The SMILES string of the molecule is COc1c(F)c(F)c2nc(C(F)(C(F)(F)F)C(F)(F)F)c(OC)c(C(F)(C(F)(F)F)C(F)(F)F)c2c1F. The molecule has 20 heteroatoms. The molecule has 0 bridgehead atoms. The maximum Gasteiger partial charge on any atom is 0.437 e. The second kappa shape index (κ2) is 8.53. The summed E-state index contributed by atoms with van der Waals surface area (Å²) in [7, 11) is -0.0211. The Hall–Kier alpha value is -2.96. The number of ether oxygens (including phenoxy) is 2. The van der Waals surface area contributed by atoms with Crippen LogP contribution in [-0.2, 0) is 11.3 Å². The van der Waals surface area contributed by atoms with E-state index in [1.165, 1.54) is 0 Å². The van der Waals surface area contributed by atoms with Crippen molar-refractivity contribution in [1.82, 2.24) is 4.98 Å². The van der Waals surface area contributed by atoms with E-state index in [0.29, 0.717) is 0 Å². The maximum absolute atomic E-state index is 15.1. The Kier molecular flexibility index (Phi) is 6.98. The summed E-state index contributed by atoms with van der Waals surface area (Å²) in [6.45, 7) is 0. The Balaban J connectivity index is 3.57. The fourth-order valence-corrected chi connectivity index (χ4v) is 3.17. The first kappa shape index (κ1) is 30.3. The molecule has 210 valence electrons. The Morgan fingerprint density at radius 2 is 0.892 bits per heavy atom. The van der Waals surface area contributed by atoms with Gasteiger partial charge in [-0.1, -0.05) is 0 Å². The lowest BCUT2D eigenvalue weighted by Gasteiger charge is -2.35. The first-order valence-corrected chi connectivity index (χ1v) is 8.63. The van der Waals surface area contributed by atoms with Crippen LogP contribution in [0.1, 0.15) is 11.3 Å². The van der Waals surface area contributed by atoms with Gasteiger partial charge in [-0.15, -0.1) is 0 Å². The van der Waals surface area contributed by atoms with Crippen LogP contribution < -0.4 is 9.47 Å². The Bertz CT molecular complexity index is 1180. The zero-order chi connectivity index (χ0) is 29.3. The van der Waals surface area contributed by atoms with Crippen LogP contribution in [0.25, 0.3) is 10.9 Å². The number of aromatic nitrogens is 1. The largest absolute Gasteiger partial charge is 0.494 e. The van der Waals surface area contributed by atoms with E-state index in [2.05, 4.69) is 9.47 Å². The summed E-state index contributed by atoms with van der Waals surface area (Å²) in [6.07, 6.45) is -29.6. The molecule has 0 saturated carbocycles. The van der Waals surface area contributed by atoms with Gasteiger partial charge in [0.05, 0.1) is 25.2 Å². The lowest BCUT2D eigenvalue weighted by atomic mass is 9.85. The number of alkyl halides is 14. The summed E-state index contributed by atoms with van der Waals surface area (Å²) in [5, 5.41) is -2.82. The highest BCUT2D eigenvalue weighted by molar-refractivity contribution is 5.89. The van der Waals surface area contributed by atoms with Gasteiger partial charge in [-0.2, -0.15) is 57.1 Å². The summed E-state index contributed by atoms with van der Waals surface area (Å²) in [5.74, 6) is -14.1. The molecular formula is C17H6F17NO2. The fourth-order valence-electron chi connectivity index (χ4n) is 3.17.